The zero-order chi connectivity index (χ0) is 23.5. The summed E-state index contributed by atoms with van der Waals surface area (Å²) in [6.07, 6.45) is 1.12. The second-order valence-corrected chi connectivity index (χ2v) is 11.2. The van der Waals surface area contributed by atoms with Gasteiger partial charge in [-0.3, -0.25) is 4.79 Å². The van der Waals surface area contributed by atoms with Crippen molar-refractivity contribution in [3.8, 4) is 0 Å². The van der Waals surface area contributed by atoms with Crippen molar-refractivity contribution in [2.75, 3.05) is 18.1 Å². The summed E-state index contributed by atoms with van der Waals surface area (Å²) in [5.41, 5.74) is 3.42. The Morgan fingerprint density at radius 2 is 2.06 bits per heavy atom. The molecule has 4 rings (SSSR count). The summed E-state index contributed by atoms with van der Waals surface area (Å²) < 4.78 is 5.61. The minimum atomic E-state index is -0.542. The van der Waals surface area contributed by atoms with Crippen LogP contribution in [-0.2, 0) is 14.3 Å². The molecule has 0 bridgehead atoms. The summed E-state index contributed by atoms with van der Waals surface area (Å²) in [7, 11) is 0. The number of hydrogen-bond donors (Lipinski definition) is 1. The highest BCUT2D eigenvalue weighted by molar-refractivity contribution is 7.99. The number of carbonyl (C=O) groups excluding carboxylic acids is 2. The molecule has 2 aromatic rings. The lowest BCUT2D eigenvalue weighted by molar-refractivity contribution is -0.138. The number of nitrogens with one attached hydrogen (secondary N) is 1. The van der Waals surface area contributed by atoms with Gasteiger partial charge < -0.3 is 10.1 Å². The normalized spacial score (nSPS) is 20.5. The highest BCUT2D eigenvalue weighted by Crippen LogP contribution is 2.47. The van der Waals surface area contributed by atoms with Crippen molar-refractivity contribution in [1.29, 1.82) is 0 Å². The highest BCUT2D eigenvalue weighted by atomic mass is 35.5. The van der Waals surface area contributed by atoms with Crippen LogP contribution in [0.4, 0.5) is 0 Å². The first-order valence-electron chi connectivity index (χ1n) is 10.9. The van der Waals surface area contributed by atoms with Crippen LogP contribution >= 0.6 is 46.3 Å². The minimum Gasteiger partial charge on any atom is -0.461 e. The van der Waals surface area contributed by atoms with E-state index < -0.39 is 11.9 Å². The molecule has 2 aliphatic rings. The molecule has 33 heavy (non-hydrogen) atoms. The molecule has 2 atom stereocenters. The van der Waals surface area contributed by atoms with Crippen molar-refractivity contribution in [3.05, 3.63) is 78.7 Å². The van der Waals surface area contributed by atoms with E-state index in [1.165, 1.54) is 4.88 Å². The van der Waals surface area contributed by atoms with E-state index in [4.69, 9.17) is 27.9 Å². The number of ketones is 1. The quantitative estimate of drug-likeness (QED) is 0.324. The molecule has 0 saturated heterocycles. The summed E-state index contributed by atoms with van der Waals surface area (Å²) in [5, 5.41) is 6.23. The molecule has 0 radical (unpaired) electrons. The number of allylic oxidation sites excluding steroid dienone is 3. The first-order chi connectivity index (χ1) is 15.9. The monoisotopic (exact) mass is 521 g/mol. The molecule has 0 spiro atoms. The molecule has 0 saturated carbocycles. The number of halogens is 2. The summed E-state index contributed by atoms with van der Waals surface area (Å²) in [4.78, 5) is 27.9. The van der Waals surface area contributed by atoms with Crippen molar-refractivity contribution in [1.82, 2.24) is 5.32 Å². The Hall–Kier alpha value is -1.73. The fourth-order valence-corrected chi connectivity index (χ4v) is 6.10. The van der Waals surface area contributed by atoms with Crippen LogP contribution < -0.4 is 5.32 Å². The molecule has 2 heterocycles. The fraction of sp³-hybridized carbons (Fsp3) is 0.360. The van der Waals surface area contributed by atoms with Gasteiger partial charge in [0.1, 0.15) is 6.61 Å². The van der Waals surface area contributed by atoms with Gasteiger partial charge in [0.05, 0.1) is 15.6 Å². The molecule has 4 nitrogen and oxygen atoms in total. The van der Waals surface area contributed by atoms with Gasteiger partial charge >= 0.3 is 5.97 Å². The molecule has 174 valence electrons. The van der Waals surface area contributed by atoms with Crippen molar-refractivity contribution >= 4 is 58.1 Å². The van der Waals surface area contributed by atoms with Crippen LogP contribution in [0, 0.1) is 0 Å². The van der Waals surface area contributed by atoms with E-state index in [1.807, 2.05) is 24.4 Å². The largest absolute Gasteiger partial charge is 0.461 e. The van der Waals surface area contributed by atoms with Crippen LogP contribution in [0.15, 0.2) is 58.3 Å². The Kier molecular flexibility index (Phi) is 7.90. The standard InChI is InChI=1S/C25H25Cl2NO3S2/c1-3-32-10-8-31-25(30)22-14(2)28-19-12-16(21-5-4-9-33-21)13-20(29)24(19)23(22)15-6-7-17(26)18(27)11-15/h4-7,9,11,16,23,28H,3,8,10,12-13H2,1-2H3/t16-,23+/m1/s1. The van der Waals surface area contributed by atoms with Gasteiger partial charge in [0.2, 0.25) is 0 Å². The van der Waals surface area contributed by atoms with Crippen LogP contribution in [0.1, 0.15) is 49.0 Å². The SMILES string of the molecule is CCSCCOC(=O)C1=C(C)NC2=C(C(=O)C[C@H](c3cccs3)C2)[C@H]1c1ccc(Cl)c(Cl)c1. The van der Waals surface area contributed by atoms with Crippen molar-refractivity contribution in [2.45, 2.75) is 38.5 Å². The number of benzene rings is 1. The van der Waals surface area contributed by atoms with E-state index >= 15 is 0 Å². The third kappa shape index (κ3) is 5.19. The lowest BCUT2D eigenvalue weighted by Gasteiger charge is -2.36. The van der Waals surface area contributed by atoms with Crippen molar-refractivity contribution in [3.63, 3.8) is 0 Å². The summed E-state index contributed by atoms with van der Waals surface area (Å²) in [5.74, 6) is 0.910. The van der Waals surface area contributed by atoms with Gasteiger partial charge in [-0.25, -0.2) is 4.79 Å². The van der Waals surface area contributed by atoms with Crippen molar-refractivity contribution in [2.24, 2.45) is 0 Å². The molecule has 1 aliphatic carbocycles. The zero-order valence-electron chi connectivity index (χ0n) is 18.5. The molecule has 0 fully saturated rings. The number of hydrogen-bond acceptors (Lipinski definition) is 6. The molecular weight excluding hydrogens is 497 g/mol. The fourth-order valence-electron chi connectivity index (χ4n) is 4.48. The molecule has 1 aromatic heterocycles. The minimum absolute atomic E-state index is 0.0394. The lowest BCUT2D eigenvalue weighted by atomic mass is 9.72. The van der Waals surface area contributed by atoms with Crippen LogP contribution in [0.5, 0.6) is 0 Å². The Labute approximate surface area is 212 Å². The number of esters is 1. The van der Waals surface area contributed by atoms with Gasteiger partial charge in [-0.15, -0.1) is 11.3 Å². The first-order valence-corrected chi connectivity index (χ1v) is 13.7. The van der Waals surface area contributed by atoms with Crippen molar-refractivity contribution < 1.29 is 14.3 Å². The van der Waals surface area contributed by atoms with Gasteiger partial charge in [-0.1, -0.05) is 42.3 Å². The number of rotatable bonds is 7. The number of thioether (sulfide) groups is 1. The van der Waals surface area contributed by atoms with E-state index in [0.717, 1.165) is 22.8 Å². The Morgan fingerprint density at radius 3 is 2.76 bits per heavy atom. The van der Waals surface area contributed by atoms with E-state index in [0.29, 0.717) is 46.3 Å². The topological polar surface area (TPSA) is 55.4 Å². The summed E-state index contributed by atoms with van der Waals surface area (Å²) >= 11 is 15.9. The third-order valence-corrected chi connectivity index (χ3v) is 8.57. The average Bonchev–Trinajstić information content (AvgIpc) is 3.32. The van der Waals surface area contributed by atoms with Gasteiger partial charge in [-0.05, 0) is 48.2 Å². The Bertz CT molecular complexity index is 1120. The maximum Gasteiger partial charge on any atom is 0.336 e. The average molecular weight is 523 g/mol. The van der Waals surface area contributed by atoms with Crippen LogP contribution in [0.25, 0.3) is 0 Å². The highest BCUT2D eigenvalue weighted by Gasteiger charge is 2.41. The second-order valence-electron chi connectivity index (χ2n) is 8.04. The Morgan fingerprint density at radius 1 is 1.24 bits per heavy atom. The van der Waals surface area contributed by atoms with E-state index in [9.17, 15) is 9.59 Å². The van der Waals surface area contributed by atoms with Gasteiger partial charge in [0.25, 0.3) is 0 Å². The lowest BCUT2D eigenvalue weighted by Crippen LogP contribution is -2.36. The smallest absolute Gasteiger partial charge is 0.336 e. The second kappa shape index (κ2) is 10.7. The van der Waals surface area contributed by atoms with Crippen LogP contribution in [0.3, 0.4) is 0 Å². The molecule has 1 aliphatic heterocycles. The predicted octanol–water partition coefficient (Wildman–Crippen LogP) is 6.71. The number of carbonyl (C=O) groups is 2. The molecule has 1 N–H and O–H groups in total. The molecular formula is C25H25Cl2NO3S2. The molecule has 0 amide bonds. The zero-order valence-corrected chi connectivity index (χ0v) is 21.6. The van der Waals surface area contributed by atoms with Crippen LogP contribution in [0.2, 0.25) is 10.0 Å². The third-order valence-electron chi connectivity index (χ3n) is 5.93. The van der Waals surface area contributed by atoms with E-state index in [2.05, 4.69) is 18.3 Å². The number of thiophene rings is 1. The molecule has 1 aromatic carbocycles. The van der Waals surface area contributed by atoms with Crippen LogP contribution in [-0.4, -0.2) is 29.9 Å². The van der Waals surface area contributed by atoms with E-state index in [-0.39, 0.29) is 11.7 Å². The number of Topliss-reactive ketones (excluding diaryl/α,β-unsaturated/α-hetero) is 1. The van der Waals surface area contributed by atoms with Gasteiger partial charge in [0, 0.05) is 45.9 Å². The number of dihydropyridines is 1. The van der Waals surface area contributed by atoms with E-state index in [1.54, 1.807) is 35.2 Å². The van der Waals surface area contributed by atoms with Gasteiger partial charge in [-0.2, -0.15) is 11.8 Å². The maximum absolute atomic E-state index is 13.5. The summed E-state index contributed by atoms with van der Waals surface area (Å²) in [6.45, 7) is 4.25. The summed E-state index contributed by atoms with van der Waals surface area (Å²) in [6, 6.07) is 9.38. The molecule has 0 unspecified atom stereocenters. The van der Waals surface area contributed by atoms with Gasteiger partial charge in [0.15, 0.2) is 5.78 Å². The predicted molar refractivity (Wildman–Crippen MR) is 137 cm³/mol. The Balaban J connectivity index is 1.73. The first kappa shape index (κ1) is 24.4. The maximum atomic E-state index is 13.5. The molecule has 8 heteroatoms. The number of ether oxygens (including phenoxy) is 1.